The summed E-state index contributed by atoms with van der Waals surface area (Å²) in [7, 11) is 0. The average Bonchev–Trinajstić information content (AvgIpc) is 2.78. The SMILES string of the molecule is O=C(O)c1ccc2oc3ccc(OCC(O)CSc4ccc(Cl)c(Cl)c4)cc3c(=O)c2c1. The Bertz CT molecular complexity index is 1380. The van der Waals surface area contributed by atoms with Crippen LogP contribution in [0.25, 0.3) is 21.9 Å². The molecule has 1 unspecified atom stereocenters. The third kappa shape index (κ3) is 4.86. The molecule has 4 aromatic rings. The van der Waals surface area contributed by atoms with Gasteiger partial charge in [-0.1, -0.05) is 23.2 Å². The molecule has 0 spiro atoms. The van der Waals surface area contributed by atoms with E-state index in [9.17, 15) is 14.7 Å². The molecule has 6 nitrogen and oxygen atoms in total. The van der Waals surface area contributed by atoms with Crippen LogP contribution < -0.4 is 10.2 Å². The molecule has 0 bridgehead atoms. The summed E-state index contributed by atoms with van der Waals surface area (Å²) in [4.78, 5) is 25.0. The molecule has 0 saturated heterocycles. The molecule has 164 valence electrons. The summed E-state index contributed by atoms with van der Waals surface area (Å²) in [6.07, 6.45) is -0.767. The van der Waals surface area contributed by atoms with Gasteiger partial charge in [0.25, 0.3) is 0 Å². The van der Waals surface area contributed by atoms with Crippen molar-refractivity contribution in [2.75, 3.05) is 12.4 Å². The minimum atomic E-state index is -1.13. The van der Waals surface area contributed by atoms with Crippen molar-refractivity contribution in [2.45, 2.75) is 11.0 Å². The zero-order valence-corrected chi connectivity index (χ0v) is 18.7. The van der Waals surface area contributed by atoms with Gasteiger partial charge in [0.2, 0.25) is 5.43 Å². The van der Waals surface area contributed by atoms with E-state index in [2.05, 4.69) is 0 Å². The maximum Gasteiger partial charge on any atom is 0.335 e. The van der Waals surface area contributed by atoms with Gasteiger partial charge in [0.1, 0.15) is 23.5 Å². The predicted octanol–water partition coefficient (Wildman–Crippen LogP) is 5.48. The van der Waals surface area contributed by atoms with Crippen LogP contribution in [0, 0.1) is 0 Å². The number of aliphatic hydroxyl groups excluding tert-OH is 1. The standard InChI is InChI=1S/C23H16Cl2O6S/c24-18-4-3-15(9-19(18)25)32-11-13(26)10-30-14-2-6-21-17(8-14)22(27)16-7-12(23(28)29)1-5-20(16)31-21/h1-9,13,26H,10-11H2,(H,28,29). The van der Waals surface area contributed by atoms with Crippen LogP contribution in [0.3, 0.4) is 0 Å². The van der Waals surface area contributed by atoms with Crippen molar-refractivity contribution in [1.82, 2.24) is 0 Å². The summed E-state index contributed by atoms with van der Waals surface area (Å²) in [5, 5.41) is 20.8. The van der Waals surface area contributed by atoms with Crippen molar-refractivity contribution >= 4 is 62.9 Å². The third-order valence-electron chi connectivity index (χ3n) is 4.66. The highest BCUT2D eigenvalue weighted by molar-refractivity contribution is 7.99. The maximum absolute atomic E-state index is 12.9. The monoisotopic (exact) mass is 490 g/mol. The molecule has 4 rings (SSSR count). The van der Waals surface area contributed by atoms with Crippen molar-refractivity contribution in [3.63, 3.8) is 0 Å². The second-order valence-electron chi connectivity index (χ2n) is 6.96. The number of carbonyl (C=O) groups is 1. The number of rotatable bonds is 7. The summed E-state index contributed by atoms with van der Waals surface area (Å²) < 4.78 is 11.4. The molecule has 0 radical (unpaired) electrons. The van der Waals surface area contributed by atoms with Gasteiger partial charge in [-0.3, -0.25) is 4.79 Å². The fraction of sp³-hybridized carbons (Fsp3) is 0.130. The predicted molar refractivity (Wildman–Crippen MR) is 126 cm³/mol. The van der Waals surface area contributed by atoms with E-state index in [1.807, 2.05) is 6.07 Å². The second kappa shape index (κ2) is 9.42. The van der Waals surface area contributed by atoms with Crippen molar-refractivity contribution < 1.29 is 24.2 Å². The van der Waals surface area contributed by atoms with Crippen LogP contribution in [0.15, 0.2) is 68.7 Å². The number of benzene rings is 3. The molecule has 0 fully saturated rings. The number of aliphatic hydroxyl groups is 1. The van der Waals surface area contributed by atoms with Gasteiger partial charge in [-0.05, 0) is 54.6 Å². The van der Waals surface area contributed by atoms with Crippen LogP contribution in [0.2, 0.25) is 10.0 Å². The summed E-state index contributed by atoms with van der Waals surface area (Å²) in [6, 6.07) is 14.1. The van der Waals surface area contributed by atoms with Crippen LogP contribution in [-0.4, -0.2) is 34.6 Å². The molecule has 9 heteroatoms. The van der Waals surface area contributed by atoms with E-state index in [4.69, 9.17) is 37.5 Å². The molecule has 3 aromatic carbocycles. The smallest absolute Gasteiger partial charge is 0.335 e. The van der Waals surface area contributed by atoms with Gasteiger partial charge >= 0.3 is 5.97 Å². The lowest BCUT2D eigenvalue weighted by molar-refractivity contribution is 0.0697. The Hall–Kier alpha value is -2.71. The minimum absolute atomic E-state index is 0.000785. The number of aromatic carboxylic acids is 1. The highest BCUT2D eigenvalue weighted by Crippen LogP contribution is 2.28. The molecule has 0 saturated carbocycles. The topological polar surface area (TPSA) is 97.0 Å². The van der Waals surface area contributed by atoms with Crippen molar-refractivity contribution in [2.24, 2.45) is 0 Å². The quantitative estimate of drug-likeness (QED) is 0.261. The summed E-state index contributed by atoms with van der Waals surface area (Å²) in [5.74, 6) is -0.371. The third-order valence-corrected chi connectivity index (χ3v) is 6.54. The Labute approximate surface area is 196 Å². The van der Waals surface area contributed by atoms with E-state index < -0.39 is 12.1 Å². The Morgan fingerprint density at radius 3 is 2.44 bits per heavy atom. The highest BCUT2D eigenvalue weighted by atomic mass is 35.5. The van der Waals surface area contributed by atoms with Crippen molar-refractivity contribution in [3.05, 3.63) is 80.4 Å². The number of hydrogen-bond donors (Lipinski definition) is 2. The molecule has 32 heavy (non-hydrogen) atoms. The molecule has 0 aliphatic carbocycles. The Balaban J connectivity index is 1.48. The van der Waals surface area contributed by atoms with Gasteiger partial charge in [0.05, 0.1) is 32.5 Å². The van der Waals surface area contributed by atoms with Crippen LogP contribution in [0.4, 0.5) is 0 Å². The molecule has 0 aliphatic heterocycles. The number of fused-ring (bicyclic) bond motifs is 2. The first-order chi connectivity index (χ1) is 15.3. The lowest BCUT2D eigenvalue weighted by Crippen LogP contribution is -2.20. The Morgan fingerprint density at radius 2 is 1.72 bits per heavy atom. The summed E-state index contributed by atoms with van der Waals surface area (Å²) in [6.45, 7) is 0.0158. The fourth-order valence-corrected chi connectivity index (χ4v) is 4.27. The first-order valence-electron chi connectivity index (χ1n) is 9.44. The number of hydrogen-bond acceptors (Lipinski definition) is 6. The molecule has 0 amide bonds. The van der Waals surface area contributed by atoms with Gasteiger partial charge in [0, 0.05) is 10.6 Å². The van der Waals surface area contributed by atoms with E-state index in [1.54, 1.807) is 24.3 Å². The Morgan fingerprint density at radius 1 is 1.00 bits per heavy atom. The number of carboxylic acids is 1. The van der Waals surface area contributed by atoms with Gasteiger partial charge in [-0.25, -0.2) is 4.79 Å². The first-order valence-corrected chi connectivity index (χ1v) is 11.2. The molecule has 1 aromatic heterocycles. The largest absolute Gasteiger partial charge is 0.491 e. The number of ether oxygens (including phenoxy) is 1. The fourth-order valence-electron chi connectivity index (χ4n) is 3.06. The number of carboxylic acid groups (broad SMARTS) is 1. The maximum atomic E-state index is 12.9. The molecule has 1 atom stereocenters. The van der Waals surface area contributed by atoms with Crippen LogP contribution in [-0.2, 0) is 0 Å². The van der Waals surface area contributed by atoms with Crippen molar-refractivity contribution in [3.8, 4) is 5.75 Å². The highest BCUT2D eigenvalue weighted by Gasteiger charge is 2.13. The van der Waals surface area contributed by atoms with Crippen molar-refractivity contribution in [1.29, 1.82) is 0 Å². The molecule has 2 N–H and O–H groups in total. The van der Waals surface area contributed by atoms with E-state index in [1.165, 1.54) is 36.0 Å². The summed E-state index contributed by atoms with van der Waals surface area (Å²) >= 11 is 13.3. The summed E-state index contributed by atoms with van der Waals surface area (Å²) in [5.41, 5.74) is 0.300. The first kappa shape index (κ1) is 22.5. The molecule has 1 heterocycles. The van der Waals surface area contributed by atoms with Gasteiger partial charge < -0.3 is 19.4 Å². The van der Waals surface area contributed by atoms with E-state index in [0.29, 0.717) is 32.7 Å². The average molecular weight is 491 g/mol. The number of thioether (sulfide) groups is 1. The lowest BCUT2D eigenvalue weighted by Gasteiger charge is -2.13. The molecule has 0 aliphatic rings. The van der Waals surface area contributed by atoms with E-state index >= 15 is 0 Å². The second-order valence-corrected chi connectivity index (χ2v) is 8.86. The zero-order chi connectivity index (χ0) is 22.8. The Kier molecular flexibility index (Phi) is 6.62. The number of halogens is 2. The lowest BCUT2D eigenvalue weighted by atomic mass is 10.1. The van der Waals surface area contributed by atoms with E-state index in [-0.39, 0.29) is 28.4 Å². The molecular formula is C23H16Cl2O6S. The van der Waals surface area contributed by atoms with Crippen LogP contribution in [0.1, 0.15) is 10.4 Å². The molecular weight excluding hydrogens is 475 g/mol. The zero-order valence-electron chi connectivity index (χ0n) is 16.4. The van der Waals surface area contributed by atoms with Gasteiger partial charge in [-0.2, -0.15) is 0 Å². The normalized spacial score (nSPS) is 12.2. The van der Waals surface area contributed by atoms with Gasteiger partial charge in [-0.15, -0.1) is 11.8 Å². The van der Waals surface area contributed by atoms with Crippen LogP contribution in [0.5, 0.6) is 5.75 Å². The van der Waals surface area contributed by atoms with Crippen LogP contribution >= 0.6 is 35.0 Å². The van der Waals surface area contributed by atoms with E-state index in [0.717, 1.165) is 4.90 Å². The minimum Gasteiger partial charge on any atom is -0.491 e. The van der Waals surface area contributed by atoms with Gasteiger partial charge in [0.15, 0.2) is 0 Å².